The van der Waals surface area contributed by atoms with Crippen LogP contribution in [0.5, 0.6) is 0 Å². The zero-order chi connectivity index (χ0) is 15.2. The van der Waals surface area contributed by atoms with E-state index in [1.165, 1.54) is 30.0 Å². The van der Waals surface area contributed by atoms with E-state index in [0.717, 1.165) is 17.4 Å². The quantitative estimate of drug-likeness (QED) is 0.870. The third-order valence-electron chi connectivity index (χ3n) is 5.16. The fourth-order valence-electron chi connectivity index (χ4n) is 4.13. The summed E-state index contributed by atoms with van der Waals surface area (Å²) in [6.07, 6.45) is 5.11. The molecule has 116 valence electrons. The Kier molecular flexibility index (Phi) is 3.74. The minimum atomic E-state index is -3.43. The highest BCUT2D eigenvalue weighted by Gasteiger charge is 2.40. The Morgan fingerprint density at radius 2 is 2.00 bits per heavy atom. The second kappa shape index (κ2) is 5.29. The van der Waals surface area contributed by atoms with Crippen molar-refractivity contribution in [2.24, 2.45) is 17.8 Å². The molecule has 0 aromatic heterocycles. The Morgan fingerprint density at radius 3 is 2.57 bits per heavy atom. The van der Waals surface area contributed by atoms with Gasteiger partial charge in [0.05, 0.1) is 4.90 Å². The number of sulfonamides is 1. The Labute approximate surface area is 127 Å². The van der Waals surface area contributed by atoms with Gasteiger partial charge in [-0.05, 0) is 67.7 Å². The number of nitrogen functional groups attached to an aromatic ring is 1. The molecule has 1 aromatic rings. The number of benzene rings is 1. The Bertz CT molecular complexity index is 621. The van der Waals surface area contributed by atoms with E-state index < -0.39 is 10.0 Å². The molecule has 3 rings (SSSR count). The smallest absolute Gasteiger partial charge is 0.242 e. The van der Waals surface area contributed by atoms with Crippen LogP contribution in [-0.2, 0) is 10.0 Å². The molecule has 0 radical (unpaired) electrons. The van der Waals surface area contributed by atoms with E-state index in [2.05, 4.69) is 0 Å². The average Bonchev–Trinajstić information content (AvgIpc) is 2.99. The van der Waals surface area contributed by atoms with E-state index in [1.54, 1.807) is 25.2 Å². The maximum Gasteiger partial charge on any atom is 0.242 e. The summed E-state index contributed by atoms with van der Waals surface area (Å²) in [5.41, 5.74) is 7.16. The van der Waals surface area contributed by atoms with Gasteiger partial charge in [0.2, 0.25) is 10.0 Å². The first-order valence-corrected chi connectivity index (χ1v) is 9.14. The number of aryl methyl sites for hydroxylation is 1. The summed E-state index contributed by atoms with van der Waals surface area (Å²) < 4.78 is 26.9. The van der Waals surface area contributed by atoms with Crippen molar-refractivity contribution in [3.63, 3.8) is 0 Å². The van der Waals surface area contributed by atoms with Crippen molar-refractivity contribution < 1.29 is 8.42 Å². The Hall–Kier alpha value is -1.07. The summed E-state index contributed by atoms with van der Waals surface area (Å²) in [7, 11) is -1.74. The van der Waals surface area contributed by atoms with Crippen LogP contribution in [0.25, 0.3) is 0 Å². The van der Waals surface area contributed by atoms with Gasteiger partial charge >= 0.3 is 0 Å². The second-order valence-corrected chi connectivity index (χ2v) is 8.84. The maximum absolute atomic E-state index is 12.7. The van der Waals surface area contributed by atoms with Gasteiger partial charge in [-0.25, -0.2) is 12.7 Å². The van der Waals surface area contributed by atoms with Crippen LogP contribution in [0.15, 0.2) is 23.1 Å². The van der Waals surface area contributed by atoms with Crippen LogP contribution < -0.4 is 5.73 Å². The van der Waals surface area contributed by atoms with Gasteiger partial charge in [0.15, 0.2) is 0 Å². The van der Waals surface area contributed by atoms with Crippen molar-refractivity contribution in [1.82, 2.24) is 4.31 Å². The first kappa shape index (κ1) is 14.9. The molecule has 2 bridgehead atoms. The van der Waals surface area contributed by atoms with E-state index in [4.69, 9.17) is 5.73 Å². The normalized spacial score (nSPS) is 28.4. The molecule has 5 heteroatoms. The van der Waals surface area contributed by atoms with Gasteiger partial charge in [-0.15, -0.1) is 0 Å². The predicted octanol–water partition coefficient (Wildman–Crippen LogP) is 2.63. The SMILES string of the molecule is Cc1cc(N)cc(S(=O)(=O)N(C)CC2CC3CCC2C3)c1. The highest BCUT2D eigenvalue weighted by molar-refractivity contribution is 7.89. The van der Waals surface area contributed by atoms with Gasteiger partial charge in [-0.3, -0.25) is 0 Å². The minimum Gasteiger partial charge on any atom is -0.399 e. The van der Waals surface area contributed by atoms with Crippen molar-refractivity contribution >= 4 is 15.7 Å². The molecule has 3 unspecified atom stereocenters. The van der Waals surface area contributed by atoms with Crippen molar-refractivity contribution in [2.45, 2.75) is 37.5 Å². The van der Waals surface area contributed by atoms with Crippen molar-refractivity contribution in [1.29, 1.82) is 0 Å². The molecule has 3 atom stereocenters. The Morgan fingerprint density at radius 1 is 1.24 bits per heavy atom. The molecule has 2 aliphatic carbocycles. The standard InChI is InChI=1S/C16H24N2O2S/c1-11-5-15(17)9-16(6-11)21(19,20)18(2)10-14-8-12-3-4-13(14)7-12/h5-6,9,12-14H,3-4,7-8,10,17H2,1-2H3. The molecule has 2 saturated carbocycles. The van der Waals surface area contributed by atoms with E-state index in [1.807, 2.05) is 6.92 Å². The summed E-state index contributed by atoms with van der Waals surface area (Å²) in [5, 5.41) is 0. The van der Waals surface area contributed by atoms with Gasteiger partial charge < -0.3 is 5.73 Å². The van der Waals surface area contributed by atoms with Gasteiger partial charge in [0.25, 0.3) is 0 Å². The lowest BCUT2D eigenvalue weighted by molar-refractivity contribution is 0.280. The van der Waals surface area contributed by atoms with Crippen LogP contribution >= 0.6 is 0 Å². The monoisotopic (exact) mass is 308 g/mol. The minimum absolute atomic E-state index is 0.311. The predicted molar refractivity (Wildman–Crippen MR) is 84.3 cm³/mol. The fraction of sp³-hybridized carbons (Fsp3) is 0.625. The summed E-state index contributed by atoms with van der Waals surface area (Å²) >= 11 is 0. The van der Waals surface area contributed by atoms with Gasteiger partial charge in [0.1, 0.15) is 0 Å². The van der Waals surface area contributed by atoms with Gasteiger partial charge in [-0.2, -0.15) is 0 Å². The highest BCUT2D eigenvalue weighted by atomic mass is 32.2. The Balaban J connectivity index is 1.77. The lowest BCUT2D eigenvalue weighted by Crippen LogP contribution is -2.33. The maximum atomic E-state index is 12.7. The summed E-state index contributed by atoms with van der Waals surface area (Å²) in [4.78, 5) is 0.311. The van der Waals surface area contributed by atoms with Crippen molar-refractivity contribution in [3.8, 4) is 0 Å². The zero-order valence-corrected chi connectivity index (χ0v) is 13.6. The highest BCUT2D eigenvalue weighted by Crippen LogP contribution is 2.48. The molecule has 2 N–H and O–H groups in total. The number of fused-ring (bicyclic) bond motifs is 2. The van der Waals surface area contributed by atoms with E-state index in [9.17, 15) is 8.42 Å². The number of nitrogens with two attached hydrogens (primary N) is 1. The molecule has 2 fully saturated rings. The first-order valence-electron chi connectivity index (χ1n) is 7.70. The molecule has 0 aliphatic heterocycles. The van der Waals surface area contributed by atoms with Gasteiger partial charge in [0, 0.05) is 19.3 Å². The summed E-state index contributed by atoms with van der Waals surface area (Å²) in [5.74, 6) is 2.10. The number of rotatable bonds is 4. The average molecular weight is 308 g/mol. The van der Waals surface area contributed by atoms with E-state index in [-0.39, 0.29) is 0 Å². The second-order valence-electron chi connectivity index (χ2n) is 6.80. The van der Waals surface area contributed by atoms with Gasteiger partial charge in [-0.1, -0.05) is 6.42 Å². The zero-order valence-electron chi connectivity index (χ0n) is 12.7. The van der Waals surface area contributed by atoms with Crippen LogP contribution in [0.2, 0.25) is 0 Å². The largest absolute Gasteiger partial charge is 0.399 e. The molecule has 0 spiro atoms. The third-order valence-corrected chi connectivity index (χ3v) is 6.96. The molecule has 2 aliphatic rings. The summed E-state index contributed by atoms with van der Waals surface area (Å²) in [6, 6.07) is 5.04. The molecule has 0 saturated heterocycles. The van der Waals surface area contributed by atoms with Crippen LogP contribution in [0.3, 0.4) is 0 Å². The lowest BCUT2D eigenvalue weighted by atomic mass is 9.89. The van der Waals surface area contributed by atoms with Crippen LogP contribution in [0, 0.1) is 24.7 Å². The molecule has 21 heavy (non-hydrogen) atoms. The van der Waals surface area contributed by atoms with Crippen molar-refractivity contribution in [3.05, 3.63) is 23.8 Å². The fourth-order valence-corrected chi connectivity index (χ4v) is 5.50. The molecule has 1 aromatic carbocycles. The first-order chi connectivity index (χ1) is 9.86. The number of nitrogens with zero attached hydrogens (tertiary/aromatic N) is 1. The van der Waals surface area contributed by atoms with Crippen LogP contribution in [0.4, 0.5) is 5.69 Å². The molecule has 4 nitrogen and oxygen atoms in total. The number of anilines is 1. The van der Waals surface area contributed by atoms with E-state index in [0.29, 0.717) is 23.0 Å². The topological polar surface area (TPSA) is 63.4 Å². The van der Waals surface area contributed by atoms with Crippen molar-refractivity contribution in [2.75, 3.05) is 19.3 Å². The van der Waals surface area contributed by atoms with Crippen LogP contribution in [0.1, 0.15) is 31.2 Å². The number of hydrogen-bond acceptors (Lipinski definition) is 3. The van der Waals surface area contributed by atoms with Crippen LogP contribution in [-0.4, -0.2) is 26.3 Å². The molecular formula is C16H24N2O2S. The molecule has 0 heterocycles. The molecule has 0 amide bonds. The van der Waals surface area contributed by atoms with E-state index >= 15 is 0 Å². The number of hydrogen-bond donors (Lipinski definition) is 1. The molecular weight excluding hydrogens is 284 g/mol. The lowest BCUT2D eigenvalue weighted by Gasteiger charge is -2.27. The third kappa shape index (κ3) is 2.81. The summed E-state index contributed by atoms with van der Waals surface area (Å²) in [6.45, 7) is 2.50.